The fraction of sp³-hybridized carbons (Fsp3) is 0.344. The number of benzene rings is 3. The number of nitrogens with zero attached hydrogens (tertiary/aromatic N) is 2. The Morgan fingerprint density at radius 3 is 2.53 bits per heavy atom. The van der Waals surface area contributed by atoms with Crippen molar-refractivity contribution in [3.05, 3.63) is 77.4 Å². The molecule has 0 atom stereocenters. The average molecular weight is 531 g/mol. The summed E-state index contributed by atoms with van der Waals surface area (Å²) in [7, 11) is 4.18. The minimum Gasteiger partial charge on any atom is -0.490 e. The van der Waals surface area contributed by atoms with E-state index in [1.807, 2.05) is 12.1 Å². The van der Waals surface area contributed by atoms with E-state index in [0.29, 0.717) is 24.6 Å². The van der Waals surface area contributed by atoms with E-state index in [2.05, 4.69) is 66.0 Å². The van der Waals surface area contributed by atoms with Gasteiger partial charge in [-0.15, -0.1) is 12.4 Å². The molecule has 0 bridgehead atoms. The van der Waals surface area contributed by atoms with Crippen molar-refractivity contribution in [1.82, 2.24) is 9.47 Å². The summed E-state index contributed by atoms with van der Waals surface area (Å²) in [4.78, 5) is 14.0. The summed E-state index contributed by atoms with van der Waals surface area (Å²) >= 11 is 0. The highest BCUT2D eigenvalue weighted by molar-refractivity contribution is 5.99. The van der Waals surface area contributed by atoms with Gasteiger partial charge in [0.15, 0.2) is 0 Å². The predicted molar refractivity (Wildman–Crippen MR) is 156 cm³/mol. The number of fused-ring (bicyclic) bond motifs is 5. The molecule has 1 saturated carbocycles. The molecule has 1 fully saturated rings. The van der Waals surface area contributed by atoms with Gasteiger partial charge in [0.1, 0.15) is 12.4 Å². The zero-order valence-corrected chi connectivity index (χ0v) is 22.9. The summed E-state index contributed by atoms with van der Waals surface area (Å²) in [5, 5.41) is 10.9. The molecule has 0 amide bonds. The highest BCUT2D eigenvalue weighted by Gasteiger charge is 2.30. The first-order valence-corrected chi connectivity index (χ1v) is 13.4. The first kappa shape index (κ1) is 26.3. The van der Waals surface area contributed by atoms with Crippen molar-refractivity contribution in [3.63, 3.8) is 0 Å². The SMILES string of the molecule is CN(C)Cc1cccc(-c2cccc3c2OCCn2c-3c(C3CCCCC3)c3ccc(C(=O)O)cc32)c1.Cl. The van der Waals surface area contributed by atoms with Gasteiger partial charge >= 0.3 is 5.97 Å². The van der Waals surface area contributed by atoms with Crippen LogP contribution in [0, 0.1) is 0 Å². The quantitative estimate of drug-likeness (QED) is 0.288. The molecule has 0 spiro atoms. The van der Waals surface area contributed by atoms with Gasteiger partial charge in [0.25, 0.3) is 0 Å². The minimum atomic E-state index is -0.887. The summed E-state index contributed by atoms with van der Waals surface area (Å²) in [5.41, 5.74) is 8.57. The van der Waals surface area contributed by atoms with Gasteiger partial charge in [0.2, 0.25) is 0 Å². The van der Waals surface area contributed by atoms with Crippen molar-refractivity contribution in [2.24, 2.45) is 0 Å². The summed E-state index contributed by atoms with van der Waals surface area (Å²) in [6.45, 7) is 2.12. The molecular formula is C32H35ClN2O3. The second kappa shape index (κ2) is 10.8. The molecule has 38 heavy (non-hydrogen) atoms. The van der Waals surface area contributed by atoms with Crippen LogP contribution < -0.4 is 4.74 Å². The number of rotatable bonds is 5. The first-order valence-electron chi connectivity index (χ1n) is 13.4. The molecule has 2 heterocycles. The van der Waals surface area contributed by atoms with E-state index in [1.54, 1.807) is 6.07 Å². The van der Waals surface area contributed by atoms with Crippen molar-refractivity contribution < 1.29 is 14.6 Å². The van der Waals surface area contributed by atoms with Gasteiger partial charge in [-0.1, -0.05) is 55.7 Å². The highest BCUT2D eigenvalue weighted by Crippen LogP contribution is 2.49. The van der Waals surface area contributed by atoms with E-state index in [-0.39, 0.29) is 12.4 Å². The van der Waals surface area contributed by atoms with E-state index in [0.717, 1.165) is 34.5 Å². The predicted octanol–water partition coefficient (Wildman–Crippen LogP) is 7.60. The summed E-state index contributed by atoms with van der Waals surface area (Å²) < 4.78 is 8.84. The van der Waals surface area contributed by atoms with Crippen LogP contribution >= 0.6 is 12.4 Å². The third kappa shape index (κ3) is 4.70. The van der Waals surface area contributed by atoms with Gasteiger partial charge in [-0.05, 0) is 73.8 Å². The molecule has 0 unspecified atom stereocenters. The van der Waals surface area contributed by atoms with Gasteiger partial charge in [0.05, 0.1) is 17.8 Å². The molecule has 6 heteroatoms. The van der Waals surface area contributed by atoms with Crippen molar-refractivity contribution in [1.29, 1.82) is 0 Å². The summed E-state index contributed by atoms with van der Waals surface area (Å²) in [6, 6.07) is 20.9. The monoisotopic (exact) mass is 530 g/mol. The third-order valence-corrected chi connectivity index (χ3v) is 7.93. The standard InChI is InChI=1S/C32H34N2O3.ClH/c1-33(2)20-21-8-6-11-23(18-21)25-12-7-13-27-30-29(22-9-4-3-5-10-22)26-15-14-24(32(35)36)19-28(26)34(30)16-17-37-31(25)27;/h6-8,11-15,18-19,22H,3-5,9-10,16-17,20H2,1-2H3,(H,35,36);1H. The van der Waals surface area contributed by atoms with Crippen molar-refractivity contribution >= 4 is 29.3 Å². The maximum Gasteiger partial charge on any atom is 0.335 e. The Labute approximate surface area is 230 Å². The number of carbonyl (C=O) groups is 1. The number of hydrogen-bond acceptors (Lipinski definition) is 3. The zero-order valence-electron chi connectivity index (χ0n) is 22.1. The summed E-state index contributed by atoms with van der Waals surface area (Å²) in [5.74, 6) is 0.518. The van der Waals surface area contributed by atoms with Crippen molar-refractivity contribution in [3.8, 4) is 28.1 Å². The topological polar surface area (TPSA) is 54.7 Å². The number of hydrogen-bond donors (Lipinski definition) is 1. The number of aromatic carboxylic acids is 1. The van der Waals surface area contributed by atoms with E-state index < -0.39 is 5.97 Å². The van der Waals surface area contributed by atoms with Gasteiger partial charge in [0, 0.05) is 28.6 Å². The number of carboxylic acid groups (broad SMARTS) is 1. The van der Waals surface area contributed by atoms with Crippen LogP contribution in [-0.2, 0) is 13.1 Å². The zero-order chi connectivity index (χ0) is 25.5. The van der Waals surface area contributed by atoms with Gasteiger partial charge in [-0.2, -0.15) is 0 Å². The van der Waals surface area contributed by atoms with Crippen LogP contribution in [0.5, 0.6) is 5.75 Å². The molecule has 0 radical (unpaired) electrons. The van der Waals surface area contributed by atoms with E-state index in [4.69, 9.17) is 4.74 Å². The first-order chi connectivity index (χ1) is 18.0. The lowest BCUT2D eigenvalue weighted by atomic mass is 9.81. The van der Waals surface area contributed by atoms with E-state index in [1.165, 1.54) is 54.3 Å². The Hall–Kier alpha value is -3.28. The molecule has 0 saturated heterocycles. The summed E-state index contributed by atoms with van der Waals surface area (Å²) in [6.07, 6.45) is 6.13. The van der Waals surface area contributed by atoms with Crippen LogP contribution in [0.2, 0.25) is 0 Å². The minimum absolute atomic E-state index is 0. The Kier molecular flexibility index (Phi) is 7.51. The number of ether oxygens (including phenoxy) is 1. The Balaban J connectivity index is 0.00000294. The number of carboxylic acids is 1. The highest BCUT2D eigenvalue weighted by atomic mass is 35.5. The van der Waals surface area contributed by atoms with Crippen LogP contribution in [0.1, 0.15) is 59.5 Å². The molecule has 4 aromatic rings. The maximum absolute atomic E-state index is 11.8. The Bertz CT molecular complexity index is 1480. The van der Waals surface area contributed by atoms with Crippen LogP contribution in [0.4, 0.5) is 0 Å². The lowest BCUT2D eigenvalue weighted by Crippen LogP contribution is -2.10. The molecule has 1 N–H and O–H groups in total. The molecule has 6 rings (SSSR count). The van der Waals surface area contributed by atoms with E-state index in [9.17, 15) is 9.90 Å². The Morgan fingerprint density at radius 1 is 1.00 bits per heavy atom. The Morgan fingerprint density at radius 2 is 1.76 bits per heavy atom. The maximum atomic E-state index is 11.8. The van der Waals surface area contributed by atoms with Crippen LogP contribution in [-0.4, -0.2) is 41.2 Å². The lowest BCUT2D eigenvalue weighted by molar-refractivity contribution is 0.0697. The second-order valence-electron chi connectivity index (χ2n) is 10.8. The van der Waals surface area contributed by atoms with Gasteiger partial charge in [-0.25, -0.2) is 4.79 Å². The average Bonchev–Trinajstić information content (AvgIpc) is 3.09. The largest absolute Gasteiger partial charge is 0.490 e. The van der Waals surface area contributed by atoms with Gasteiger partial charge < -0.3 is 19.3 Å². The molecule has 2 aliphatic rings. The van der Waals surface area contributed by atoms with Gasteiger partial charge in [-0.3, -0.25) is 0 Å². The smallest absolute Gasteiger partial charge is 0.335 e. The van der Waals surface area contributed by atoms with Crippen molar-refractivity contribution in [2.75, 3.05) is 20.7 Å². The van der Waals surface area contributed by atoms with Crippen LogP contribution in [0.15, 0.2) is 60.7 Å². The molecule has 5 nitrogen and oxygen atoms in total. The van der Waals surface area contributed by atoms with E-state index >= 15 is 0 Å². The molecular weight excluding hydrogens is 496 g/mol. The van der Waals surface area contributed by atoms with Crippen LogP contribution in [0.3, 0.4) is 0 Å². The molecule has 198 valence electrons. The molecule has 1 aromatic heterocycles. The fourth-order valence-electron chi connectivity index (χ4n) is 6.38. The number of halogens is 1. The lowest BCUT2D eigenvalue weighted by Gasteiger charge is -2.24. The van der Waals surface area contributed by atoms with Crippen LogP contribution in [0.25, 0.3) is 33.3 Å². The molecule has 1 aliphatic carbocycles. The second-order valence-corrected chi connectivity index (χ2v) is 10.8. The number of para-hydroxylation sites is 1. The fourth-order valence-corrected chi connectivity index (χ4v) is 6.38. The number of aromatic nitrogens is 1. The third-order valence-electron chi connectivity index (χ3n) is 7.93. The molecule has 3 aromatic carbocycles. The van der Waals surface area contributed by atoms with Crippen molar-refractivity contribution in [2.45, 2.75) is 51.1 Å². The normalized spacial score (nSPS) is 15.3. The molecule has 1 aliphatic heterocycles.